The van der Waals surface area contributed by atoms with E-state index >= 15 is 0 Å². The molecule has 62 valence electrons. The summed E-state index contributed by atoms with van der Waals surface area (Å²) in [5, 5.41) is 0. The van der Waals surface area contributed by atoms with E-state index in [0.717, 1.165) is 12.1 Å². The molecule has 0 aliphatic heterocycles. The molecule has 0 unspecified atom stereocenters. The fraction of sp³-hybridized carbons (Fsp3) is 0.500. The van der Waals surface area contributed by atoms with Gasteiger partial charge in [-0.3, -0.25) is 4.99 Å². The van der Waals surface area contributed by atoms with Gasteiger partial charge in [-0.2, -0.15) is 0 Å². The van der Waals surface area contributed by atoms with E-state index in [9.17, 15) is 0 Å². The summed E-state index contributed by atoms with van der Waals surface area (Å²) in [7, 11) is 0. The number of allylic oxidation sites excluding steroid dienone is 3. The first-order valence-corrected chi connectivity index (χ1v) is 4.02. The van der Waals surface area contributed by atoms with E-state index in [1.165, 1.54) is 12.0 Å². The number of aliphatic imine (C=N–C) groups is 1. The summed E-state index contributed by atoms with van der Waals surface area (Å²) in [5.41, 5.74) is 2.23. The first-order chi connectivity index (χ1) is 5.16. The fourth-order valence-electron chi connectivity index (χ4n) is 0.769. The molecule has 0 bridgehead atoms. The second kappa shape index (κ2) is 5.90. The molecular formula is C10H17N. The molecule has 0 aromatic carbocycles. The topological polar surface area (TPSA) is 12.4 Å². The molecular weight excluding hydrogens is 134 g/mol. The van der Waals surface area contributed by atoms with Crippen molar-refractivity contribution in [1.82, 2.24) is 0 Å². The molecule has 0 amide bonds. The second-order valence-corrected chi connectivity index (χ2v) is 2.78. The van der Waals surface area contributed by atoms with Crippen molar-refractivity contribution in [3.05, 3.63) is 23.9 Å². The van der Waals surface area contributed by atoms with E-state index in [0.29, 0.717) is 0 Å². The molecule has 0 aromatic heterocycles. The van der Waals surface area contributed by atoms with Crippen LogP contribution in [0, 0.1) is 0 Å². The van der Waals surface area contributed by atoms with Crippen LogP contribution in [0.15, 0.2) is 28.9 Å². The monoisotopic (exact) mass is 151 g/mol. The molecule has 0 aliphatic carbocycles. The summed E-state index contributed by atoms with van der Waals surface area (Å²) in [4.78, 5) is 4.05. The number of nitrogens with zero attached hydrogens (tertiary/aromatic N) is 1. The number of hydrogen-bond acceptors (Lipinski definition) is 1. The second-order valence-electron chi connectivity index (χ2n) is 2.78. The minimum Gasteiger partial charge on any atom is -0.262 e. The van der Waals surface area contributed by atoms with Crippen molar-refractivity contribution in [2.45, 2.75) is 33.6 Å². The third kappa shape index (κ3) is 7.04. The lowest BCUT2D eigenvalue weighted by Gasteiger charge is -1.92. The quantitative estimate of drug-likeness (QED) is 0.546. The standard InChI is InChI=1S/C10H17N/c1-5-6-10(4)7-8-11-9(2)3/h7-8H,2,5-6H2,1,3-4H3/b10-7+,11-8?. The Morgan fingerprint density at radius 1 is 1.45 bits per heavy atom. The van der Waals surface area contributed by atoms with Gasteiger partial charge in [-0.25, -0.2) is 0 Å². The van der Waals surface area contributed by atoms with Crippen LogP contribution in [0.25, 0.3) is 0 Å². The van der Waals surface area contributed by atoms with Crippen molar-refractivity contribution in [2.24, 2.45) is 4.99 Å². The first-order valence-electron chi connectivity index (χ1n) is 4.02. The zero-order valence-corrected chi connectivity index (χ0v) is 7.72. The molecule has 0 aliphatic rings. The minimum absolute atomic E-state index is 0.852. The SMILES string of the molecule is C=C(C)N=C/C=C(\C)CCC. The molecule has 0 aromatic rings. The molecule has 0 saturated heterocycles. The van der Waals surface area contributed by atoms with E-state index in [1.807, 2.05) is 19.2 Å². The van der Waals surface area contributed by atoms with Crippen molar-refractivity contribution in [2.75, 3.05) is 0 Å². The summed E-state index contributed by atoms with van der Waals surface area (Å²) in [6, 6.07) is 0. The van der Waals surface area contributed by atoms with Gasteiger partial charge in [0.25, 0.3) is 0 Å². The normalized spacial score (nSPS) is 12.5. The predicted octanol–water partition coefficient (Wildman–Crippen LogP) is 3.34. The van der Waals surface area contributed by atoms with Gasteiger partial charge in [0.2, 0.25) is 0 Å². The van der Waals surface area contributed by atoms with Crippen molar-refractivity contribution in [3.8, 4) is 0 Å². The Labute approximate surface area is 69.5 Å². The zero-order chi connectivity index (χ0) is 8.69. The lowest BCUT2D eigenvalue weighted by molar-refractivity contribution is 0.907. The molecule has 0 spiro atoms. The molecule has 0 rings (SSSR count). The third-order valence-corrected chi connectivity index (χ3v) is 1.30. The van der Waals surface area contributed by atoms with Crippen LogP contribution in [-0.4, -0.2) is 6.21 Å². The highest BCUT2D eigenvalue weighted by Gasteiger charge is 1.83. The predicted molar refractivity (Wildman–Crippen MR) is 52.0 cm³/mol. The van der Waals surface area contributed by atoms with Crippen molar-refractivity contribution in [3.63, 3.8) is 0 Å². The Balaban J connectivity index is 3.80. The molecule has 0 heterocycles. The molecule has 11 heavy (non-hydrogen) atoms. The van der Waals surface area contributed by atoms with Crippen molar-refractivity contribution in [1.29, 1.82) is 0 Å². The van der Waals surface area contributed by atoms with Gasteiger partial charge in [0, 0.05) is 11.9 Å². The van der Waals surface area contributed by atoms with Gasteiger partial charge in [-0.05, 0) is 26.3 Å². The van der Waals surface area contributed by atoms with E-state index < -0.39 is 0 Å². The van der Waals surface area contributed by atoms with Crippen LogP contribution in [-0.2, 0) is 0 Å². The van der Waals surface area contributed by atoms with Crippen LogP contribution in [0.4, 0.5) is 0 Å². The molecule has 0 fully saturated rings. The van der Waals surface area contributed by atoms with Gasteiger partial charge in [0.05, 0.1) is 0 Å². The summed E-state index contributed by atoms with van der Waals surface area (Å²) in [6.45, 7) is 9.85. The lowest BCUT2D eigenvalue weighted by Crippen LogP contribution is -1.76. The largest absolute Gasteiger partial charge is 0.262 e. The molecule has 0 radical (unpaired) electrons. The van der Waals surface area contributed by atoms with Crippen LogP contribution >= 0.6 is 0 Å². The van der Waals surface area contributed by atoms with Crippen LogP contribution < -0.4 is 0 Å². The van der Waals surface area contributed by atoms with Crippen LogP contribution in [0.1, 0.15) is 33.6 Å². The Bertz CT molecular complexity index is 175. The Kier molecular flexibility index (Phi) is 5.44. The smallest absolute Gasteiger partial charge is 0.0300 e. The average molecular weight is 151 g/mol. The van der Waals surface area contributed by atoms with Gasteiger partial charge in [-0.1, -0.05) is 25.5 Å². The molecule has 0 N–H and O–H groups in total. The summed E-state index contributed by atoms with van der Waals surface area (Å²) in [6.07, 6.45) is 6.21. The minimum atomic E-state index is 0.852. The van der Waals surface area contributed by atoms with Crippen LogP contribution in [0.5, 0.6) is 0 Å². The van der Waals surface area contributed by atoms with E-state index in [2.05, 4.69) is 25.4 Å². The maximum atomic E-state index is 4.05. The van der Waals surface area contributed by atoms with E-state index in [-0.39, 0.29) is 0 Å². The maximum absolute atomic E-state index is 4.05. The van der Waals surface area contributed by atoms with E-state index in [4.69, 9.17) is 0 Å². The lowest BCUT2D eigenvalue weighted by atomic mass is 10.2. The maximum Gasteiger partial charge on any atom is 0.0300 e. The highest BCUT2D eigenvalue weighted by atomic mass is 14.7. The third-order valence-electron chi connectivity index (χ3n) is 1.30. The summed E-state index contributed by atoms with van der Waals surface area (Å²) >= 11 is 0. The van der Waals surface area contributed by atoms with Gasteiger partial charge in [0.15, 0.2) is 0 Å². The Hall–Kier alpha value is -0.850. The van der Waals surface area contributed by atoms with Crippen LogP contribution in [0.2, 0.25) is 0 Å². The average Bonchev–Trinajstić information content (AvgIpc) is 1.87. The van der Waals surface area contributed by atoms with Gasteiger partial charge in [0.1, 0.15) is 0 Å². The van der Waals surface area contributed by atoms with E-state index in [1.54, 1.807) is 0 Å². The van der Waals surface area contributed by atoms with Gasteiger partial charge in [-0.15, -0.1) is 0 Å². The highest BCUT2D eigenvalue weighted by Crippen LogP contribution is 2.01. The van der Waals surface area contributed by atoms with Crippen LogP contribution in [0.3, 0.4) is 0 Å². The molecule has 1 nitrogen and oxygen atoms in total. The molecule has 0 saturated carbocycles. The fourth-order valence-corrected chi connectivity index (χ4v) is 0.769. The molecule has 0 atom stereocenters. The van der Waals surface area contributed by atoms with Crippen molar-refractivity contribution >= 4 is 6.21 Å². The number of rotatable bonds is 4. The first kappa shape index (κ1) is 10.2. The number of hydrogen-bond donors (Lipinski definition) is 0. The molecule has 1 heteroatoms. The highest BCUT2D eigenvalue weighted by molar-refractivity contribution is 5.72. The Morgan fingerprint density at radius 3 is 2.55 bits per heavy atom. The van der Waals surface area contributed by atoms with Gasteiger partial charge < -0.3 is 0 Å². The summed E-state index contributed by atoms with van der Waals surface area (Å²) in [5.74, 6) is 0. The van der Waals surface area contributed by atoms with Gasteiger partial charge >= 0.3 is 0 Å². The van der Waals surface area contributed by atoms with Crippen molar-refractivity contribution < 1.29 is 0 Å². The zero-order valence-electron chi connectivity index (χ0n) is 7.72. The Morgan fingerprint density at radius 2 is 2.09 bits per heavy atom. The summed E-state index contributed by atoms with van der Waals surface area (Å²) < 4.78 is 0.